The highest BCUT2D eigenvalue weighted by atomic mass is 28.4. The standard InChI is InChI=1S/C13H26O3Si/c1-5-6-11-17(3,4)16-13(15-12(2)14)9-7-8-10-13/h5-11H2,1-4H3. The lowest BCUT2D eigenvalue weighted by Gasteiger charge is -2.36. The fourth-order valence-corrected chi connectivity index (χ4v) is 5.12. The van der Waals surface area contributed by atoms with E-state index in [0.717, 1.165) is 31.7 Å². The first kappa shape index (κ1) is 14.7. The van der Waals surface area contributed by atoms with Crippen molar-refractivity contribution in [2.75, 3.05) is 0 Å². The first-order chi connectivity index (χ1) is 7.89. The smallest absolute Gasteiger partial charge is 0.305 e. The van der Waals surface area contributed by atoms with Gasteiger partial charge in [0.1, 0.15) is 0 Å². The molecule has 1 saturated carbocycles. The van der Waals surface area contributed by atoms with Gasteiger partial charge in [-0.1, -0.05) is 19.8 Å². The van der Waals surface area contributed by atoms with Gasteiger partial charge in [-0.15, -0.1) is 0 Å². The van der Waals surface area contributed by atoms with E-state index in [1.807, 2.05) is 0 Å². The zero-order chi connectivity index (χ0) is 12.9. The van der Waals surface area contributed by atoms with Gasteiger partial charge in [-0.3, -0.25) is 4.79 Å². The molecule has 0 aromatic heterocycles. The predicted octanol–water partition coefficient (Wildman–Crippen LogP) is 3.84. The molecule has 3 nitrogen and oxygen atoms in total. The fraction of sp³-hybridized carbons (Fsp3) is 0.923. The molecule has 0 aromatic carbocycles. The van der Waals surface area contributed by atoms with Crippen molar-refractivity contribution in [3.8, 4) is 0 Å². The summed E-state index contributed by atoms with van der Waals surface area (Å²) in [6.45, 7) is 8.13. The number of ether oxygens (including phenoxy) is 1. The van der Waals surface area contributed by atoms with Crippen LogP contribution in [-0.4, -0.2) is 20.1 Å². The van der Waals surface area contributed by atoms with Crippen LogP contribution in [-0.2, 0) is 14.0 Å². The van der Waals surface area contributed by atoms with Gasteiger partial charge in [0.15, 0.2) is 8.32 Å². The Morgan fingerprint density at radius 2 is 1.88 bits per heavy atom. The molecule has 0 spiro atoms. The molecule has 4 heteroatoms. The number of hydrogen-bond donors (Lipinski definition) is 0. The topological polar surface area (TPSA) is 35.5 Å². The van der Waals surface area contributed by atoms with E-state index < -0.39 is 14.1 Å². The molecule has 1 fully saturated rings. The maximum absolute atomic E-state index is 11.2. The molecule has 0 heterocycles. The largest absolute Gasteiger partial charge is 0.434 e. The third-order valence-corrected chi connectivity index (χ3v) is 5.77. The molecule has 0 atom stereocenters. The van der Waals surface area contributed by atoms with Crippen molar-refractivity contribution >= 4 is 14.3 Å². The van der Waals surface area contributed by atoms with Crippen molar-refractivity contribution in [1.82, 2.24) is 0 Å². The molecule has 0 saturated heterocycles. The van der Waals surface area contributed by atoms with Gasteiger partial charge in [0.05, 0.1) is 0 Å². The number of esters is 1. The second kappa shape index (κ2) is 6.00. The summed E-state index contributed by atoms with van der Waals surface area (Å²) < 4.78 is 11.8. The van der Waals surface area contributed by atoms with Crippen molar-refractivity contribution in [2.24, 2.45) is 0 Å². The van der Waals surface area contributed by atoms with Crippen LogP contribution in [0.5, 0.6) is 0 Å². The highest BCUT2D eigenvalue weighted by molar-refractivity contribution is 6.71. The van der Waals surface area contributed by atoms with Crippen molar-refractivity contribution in [1.29, 1.82) is 0 Å². The molecule has 17 heavy (non-hydrogen) atoms. The molecule has 0 aromatic rings. The third-order valence-electron chi connectivity index (χ3n) is 3.29. The molecule has 0 bridgehead atoms. The number of carbonyl (C=O) groups is 1. The van der Waals surface area contributed by atoms with Crippen LogP contribution in [0.15, 0.2) is 0 Å². The molecule has 0 unspecified atom stereocenters. The summed E-state index contributed by atoms with van der Waals surface area (Å²) in [5, 5.41) is 0. The normalized spacial score (nSPS) is 19.3. The van der Waals surface area contributed by atoms with E-state index in [0.29, 0.717) is 0 Å². The molecule has 0 aliphatic heterocycles. The maximum Gasteiger partial charge on any atom is 0.305 e. The van der Waals surface area contributed by atoms with Gasteiger partial charge in [0.25, 0.3) is 0 Å². The van der Waals surface area contributed by atoms with Crippen molar-refractivity contribution in [3.63, 3.8) is 0 Å². The van der Waals surface area contributed by atoms with Gasteiger partial charge >= 0.3 is 5.97 Å². The van der Waals surface area contributed by atoms with Crippen LogP contribution in [0.1, 0.15) is 52.4 Å². The second-order valence-electron chi connectivity index (χ2n) is 5.68. The first-order valence-corrected chi connectivity index (χ1v) is 9.90. The fourth-order valence-electron chi connectivity index (χ4n) is 2.56. The average Bonchev–Trinajstić information content (AvgIpc) is 2.61. The van der Waals surface area contributed by atoms with E-state index in [4.69, 9.17) is 9.16 Å². The molecule has 1 aliphatic carbocycles. The van der Waals surface area contributed by atoms with E-state index in [9.17, 15) is 4.79 Å². The molecule has 1 aliphatic rings. The van der Waals surface area contributed by atoms with Crippen LogP contribution < -0.4 is 0 Å². The van der Waals surface area contributed by atoms with E-state index in [1.54, 1.807) is 0 Å². The van der Waals surface area contributed by atoms with Crippen LogP contribution in [0.3, 0.4) is 0 Å². The van der Waals surface area contributed by atoms with Gasteiger partial charge < -0.3 is 9.16 Å². The Labute approximate surface area is 106 Å². The second-order valence-corrected chi connectivity index (χ2v) is 9.90. The van der Waals surface area contributed by atoms with Crippen molar-refractivity contribution < 1.29 is 14.0 Å². The highest BCUT2D eigenvalue weighted by Gasteiger charge is 2.43. The summed E-state index contributed by atoms with van der Waals surface area (Å²) in [4.78, 5) is 11.2. The Morgan fingerprint density at radius 3 is 2.35 bits per heavy atom. The van der Waals surface area contributed by atoms with E-state index >= 15 is 0 Å². The summed E-state index contributed by atoms with van der Waals surface area (Å²) in [5.74, 6) is -0.804. The monoisotopic (exact) mass is 258 g/mol. The lowest BCUT2D eigenvalue weighted by atomic mass is 10.2. The van der Waals surface area contributed by atoms with Crippen LogP contribution in [0, 0.1) is 0 Å². The summed E-state index contributed by atoms with van der Waals surface area (Å²) in [6, 6.07) is 1.15. The Morgan fingerprint density at radius 1 is 1.29 bits per heavy atom. The Hall–Kier alpha value is -0.353. The minimum absolute atomic E-state index is 0.216. The number of carbonyl (C=O) groups excluding carboxylic acids is 1. The summed E-state index contributed by atoms with van der Waals surface area (Å²) in [5.41, 5.74) is 0. The van der Waals surface area contributed by atoms with Gasteiger partial charge in [0.2, 0.25) is 5.79 Å². The van der Waals surface area contributed by atoms with Gasteiger partial charge in [-0.05, 0) is 32.0 Å². The van der Waals surface area contributed by atoms with E-state index in [-0.39, 0.29) is 5.97 Å². The van der Waals surface area contributed by atoms with Gasteiger partial charge in [-0.25, -0.2) is 0 Å². The molecule has 0 radical (unpaired) electrons. The van der Waals surface area contributed by atoms with Crippen molar-refractivity contribution in [2.45, 2.75) is 77.3 Å². The molecule has 0 N–H and O–H groups in total. The zero-order valence-corrected chi connectivity index (χ0v) is 12.7. The minimum Gasteiger partial charge on any atom is -0.434 e. The quantitative estimate of drug-likeness (QED) is 0.412. The lowest BCUT2D eigenvalue weighted by molar-refractivity contribution is -0.196. The lowest BCUT2D eigenvalue weighted by Crippen LogP contribution is -2.45. The van der Waals surface area contributed by atoms with Crippen LogP contribution in [0.25, 0.3) is 0 Å². The average molecular weight is 258 g/mol. The Bertz CT molecular complexity index is 257. The van der Waals surface area contributed by atoms with E-state index in [2.05, 4.69) is 20.0 Å². The first-order valence-electron chi connectivity index (χ1n) is 6.79. The number of rotatable bonds is 6. The molecule has 1 rings (SSSR count). The number of unbranched alkanes of at least 4 members (excludes halogenated alkanes) is 1. The Kier molecular flexibility index (Phi) is 5.19. The summed E-state index contributed by atoms with van der Waals surface area (Å²) >= 11 is 0. The number of hydrogen-bond acceptors (Lipinski definition) is 3. The van der Waals surface area contributed by atoms with Crippen molar-refractivity contribution in [3.05, 3.63) is 0 Å². The maximum atomic E-state index is 11.2. The summed E-state index contributed by atoms with van der Waals surface area (Å²) in [7, 11) is -1.71. The van der Waals surface area contributed by atoms with Gasteiger partial charge in [0, 0.05) is 19.8 Å². The molecular weight excluding hydrogens is 232 g/mol. The Balaban J connectivity index is 2.62. The predicted molar refractivity (Wildman–Crippen MR) is 71.2 cm³/mol. The highest BCUT2D eigenvalue weighted by Crippen LogP contribution is 2.38. The van der Waals surface area contributed by atoms with Crippen LogP contribution in [0.4, 0.5) is 0 Å². The SMILES string of the molecule is CCCC[Si](C)(C)OC1(OC(C)=O)CCCC1. The molecule has 100 valence electrons. The van der Waals surface area contributed by atoms with Crippen LogP contribution >= 0.6 is 0 Å². The summed E-state index contributed by atoms with van der Waals surface area (Å²) in [6.07, 6.45) is 6.34. The van der Waals surface area contributed by atoms with Gasteiger partial charge in [-0.2, -0.15) is 0 Å². The molecule has 0 amide bonds. The third kappa shape index (κ3) is 4.80. The minimum atomic E-state index is -1.71. The molecular formula is C13H26O3Si. The van der Waals surface area contributed by atoms with E-state index in [1.165, 1.54) is 19.8 Å². The zero-order valence-electron chi connectivity index (χ0n) is 11.7. The van der Waals surface area contributed by atoms with Crippen LogP contribution in [0.2, 0.25) is 19.1 Å².